The average molecular weight is 374 g/mol. The van der Waals surface area contributed by atoms with Gasteiger partial charge in [0.25, 0.3) is 5.91 Å². The second kappa shape index (κ2) is 8.01. The van der Waals surface area contributed by atoms with E-state index in [1.54, 1.807) is 35.0 Å². The zero-order valence-electron chi connectivity index (χ0n) is 14.4. The monoisotopic (exact) mass is 374 g/mol. The zero-order chi connectivity index (χ0) is 20.1. The molecule has 0 saturated heterocycles. The van der Waals surface area contributed by atoms with E-state index in [-0.39, 0.29) is 11.1 Å². The van der Waals surface area contributed by atoms with Gasteiger partial charge in [0.05, 0.1) is 5.97 Å². The van der Waals surface area contributed by atoms with E-state index in [0.717, 1.165) is 0 Å². The van der Waals surface area contributed by atoms with Gasteiger partial charge < -0.3 is 19.8 Å². The molecule has 0 atom stereocenters. The van der Waals surface area contributed by atoms with Crippen LogP contribution >= 0.6 is 0 Å². The molecule has 2 aromatic carbocycles. The summed E-state index contributed by atoms with van der Waals surface area (Å²) in [5, 5.41) is 22.8. The van der Waals surface area contributed by atoms with E-state index >= 15 is 0 Å². The van der Waals surface area contributed by atoms with Gasteiger partial charge in [-0.1, -0.05) is 12.1 Å². The molecule has 6 nitrogen and oxygen atoms in total. The Kier molecular flexibility index (Phi) is 5.33. The number of hydrogen-bond acceptors (Lipinski definition) is 4. The van der Waals surface area contributed by atoms with Crippen molar-refractivity contribution in [2.75, 3.05) is 5.32 Å². The SMILES string of the molecule is N#C/C(=C/c1cccn1-c1ccc(C(=O)[O-])cc1)C(=O)Nc1ccc(F)cc1. The number of rotatable bonds is 5. The number of benzene rings is 2. The molecule has 1 heterocycles. The maximum atomic E-state index is 13.0. The summed E-state index contributed by atoms with van der Waals surface area (Å²) < 4.78 is 14.7. The van der Waals surface area contributed by atoms with Gasteiger partial charge in [-0.25, -0.2) is 4.39 Å². The summed E-state index contributed by atoms with van der Waals surface area (Å²) in [6.07, 6.45) is 3.12. The standard InChI is InChI=1S/C21H14FN3O3/c22-16-5-7-17(8-6-16)24-20(26)15(13-23)12-19-2-1-11-25(19)18-9-3-14(4-10-18)21(27)28/h1-12H,(H,24,26)(H,27,28)/p-1/b15-12-. The van der Waals surface area contributed by atoms with Crippen LogP contribution in [0.5, 0.6) is 0 Å². The first-order valence-corrected chi connectivity index (χ1v) is 8.16. The van der Waals surface area contributed by atoms with Crippen molar-refractivity contribution in [1.82, 2.24) is 4.57 Å². The lowest BCUT2D eigenvalue weighted by Crippen LogP contribution is -2.22. The van der Waals surface area contributed by atoms with Crippen molar-refractivity contribution < 1.29 is 19.1 Å². The molecule has 0 radical (unpaired) electrons. The smallest absolute Gasteiger partial charge is 0.266 e. The number of aromatic nitrogens is 1. The summed E-state index contributed by atoms with van der Waals surface area (Å²) in [4.78, 5) is 23.2. The first kappa shape index (κ1) is 18.6. The fourth-order valence-corrected chi connectivity index (χ4v) is 2.53. The van der Waals surface area contributed by atoms with Crippen LogP contribution in [0.3, 0.4) is 0 Å². The molecule has 0 unspecified atom stereocenters. The van der Waals surface area contributed by atoms with Crippen LogP contribution in [-0.4, -0.2) is 16.4 Å². The fraction of sp³-hybridized carbons (Fsp3) is 0. The van der Waals surface area contributed by atoms with Crippen molar-refractivity contribution in [2.24, 2.45) is 0 Å². The molecule has 1 amide bonds. The first-order valence-electron chi connectivity index (χ1n) is 8.16. The molecule has 0 aliphatic heterocycles. The minimum Gasteiger partial charge on any atom is -0.545 e. The van der Waals surface area contributed by atoms with Gasteiger partial charge in [-0.15, -0.1) is 0 Å². The molecule has 0 saturated carbocycles. The lowest BCUT2D eigenvalue weighted by molar-refractivity contribution is -0.255. The average Bonchev–Trinajstić information content (AvgIpc) is 3.16. The molecule has 138 valence electrons. The maximum absolute atomic E-state index is 13.0. The number of carbonyl (C=O) groups is 2. The van der Waals surface area contributed by atoms with E-state index in [2.05, 4.69) is 5.32 Å². The Balaban J connectivity index is 1.86. The van der Waals surface area contributed by atoms with Crippen molar-refractivity contribution in [3.8, 4) is 11.8 Å². The number of nitriles is 1. The van der Waals surface area contributed by atoms with Crippen molar-refractivity contribution in [2.45, 2.75) is 0 Å². The third kappa shape index (κ3) is 4.14. The minimum absolute atomic E-state index is 0.0457. The highest BCUT2D eigenvalue weighted by Crippen LogP contribution is 2.17. The van der Waals surface area contributed by atoms with Gasteiger partial charge in [0, 0.05) is 23.3 Å². The third-order valence-electron chi connectivity index (χ3n) is 3.92. The molecule has 0 aliphatic carbocycles. The molecule has 1 N–H and O–H groups in total. The largest absolute Gasteiger partial charge is 0.545 e. The van der Waals surface area contributed by atoms with Crippen LogP contribution in [0.1, 0.15) is 16.1 Å². The van der Waals surface area contributed by atoms with E-state index in [9.17, 15) is 24.3 Å². The quantitative estimate of drug-likeness (QED) is 0.548. The summed E-state index contributed by atoms with van der Waals surface area (Å²) >= 11 is 0. The second-order valence-corrected chi connectivity index (χ2v) is 5.77. The van der Waals surface area contributed by atoms with Crippen molar-refractivity contribution in [3.05, 3.63) is 89.5 Å². The highest BCUT2D eigenvalue weighted by atomic mass is 19.1. The number of carboxylic acids is 1. The Morgan fingerprint density at radius 3 is 2.36 bits per heavy atom. The van der Waals surface area contributed by atoms with Crippen molar-refractivity contribution in [3.63, 3.8) is 0 Å². The van der Waals surface area contributed by atoms with Crippen LogP contribution in [0.25, 0.3) is 11.8 Å². The number of carboxylic acid groups (broad SMARTS) is 1. The molecule has 0 spiro atoms. The third-order valence-corrected chi connectivity index (χ3v) is 3.92. The first-order chi connectivity index (χ1) is 13.5. The highest BCUT2D eigenvalue weighted by Gasteiger charge is 2.11. The van der Waals surface area contributed by atoms with Gasteiger partial charge >= 0.3 is 0 Å². The Hall–Kier alpha value is -4.18. The molecule has 0 aliphatic rings. The van der Waals surface area contributed by atoms with Crippen LogP contribution in [0, 0.1) is 17.1 Å². The van der Waals surface area contributed by atoms with Gasteiger partial charge in [-0.2, -0.15) is 5.26 Å². The molecule has 28 heavy (non-hydrogen) atoms. The summed E-state index contributed by atoms with van der Waals surface area (Å²) in [6.45, 7) is 0. The summed E-state index contributed by atoms with van der Waals surface area (Å²) in [7, 11) is 0. The van der Waals surface area contributed by atoms with E-state index in [4.69, 9.17) is 0 Å². The van der Waals surface area contributed by atoms with E-state index in [1.165, 1.54) is 42.5 Å². The van der Waals surface area contributed by atoms with Gasteiger partial charge in [-0.3, -0.25) is 4.79 Å². The summed E-state index contributed by atoms with van der Waals surface area (Å²) in [5.41, 5.74) is 1.46. The van der Waals surface area contributed by atoms with Crippen LogP contribution in [0.4, 0.5) is 10.1 Å². The predicted molar refractivity (Wildman–Crippen MR) is 98.7 cm³/mol. The fourth-order valence-electron chi connectivity index (χ4n) is 2.53. The molecule has 7 heteroatoms. The van der Waals surface area contributed by atoms with Crippen LogP contribution in [0.15, 0.2) is 72.4 Å². The zero-order valence-corrected chi connectivity index (χ0v) is 14.4. The van der Waals surface area contributed by atoms with Crippen molar-refractivity contribution in [1.29, 1.82) is 5.26 Å². The molecule has 3 aromatic rings. The lowest BCUT2D eigenvalue weighted by atomic mass is 10.2. The highest BCUT2D eigenvalue weighted by molar-refractivity contribution is 6.09. The number of amides is 1. The molecule has 0 fully saturated rings. The second-order valence-electron chi connectivity index (χ2n) is 5.77. The Morgan fingerprint density at radius 2 is 1.75 bits per heavy atom. The Morgan fingerprint density at radius 1 is 1.07 bits per heavy atom. The summed E-state index contributed by atoms with van der Waals surface area (Å²) in [6, 6.07) is 16.5. The Labute approximate surface area is 159 Å². The molecule has 3 rings (SSSR count). The molecule has 0 bridgehead atoms. The van der Waals surface area contributed by atoms with Gasteiger partial charge in [-0.05, 0) is 60.2 Å². The number of anilines is 1. The van der Waals surface area contributed by atoms with E-state index < -0.39 is 17.7 Å². The topological polar surface area (TPSA) is 97.9 Å². The number of nitrogens with zero attached hydrogens (tertiary/aromatic N) is 2. The predicted octanol–water partition coefficient (Wildman–Crippen LogP) is 2.53. The number of carbonyl (C=O) groups excluding carboxylic acids is 2. The van der Waals surface area contributed by atoms with Gasteiger partial charge in [0.2, 0.25) is 0 Å². The molecule has 1 aromatic heterocycles. The van der Waals surface area contributed by atoms with E-state index in [1.807, 2.05) is 6.07 Å². The van der Waals surface area contributed by atoms with Gasteiger partial charge in [0.15, 0.2) is 0 Å². The van der Waals surface area contributed by atoms with Crippen LogP contribution in [-0.2, 0) is 4.79 Å². The minimum atomic E-state index is -1.27. The lowest BCUT2D eigenvalue weighted by Gasteiger charge is -2.09. The Bertz CT molecular complexity index is 1090. The van der Waals surface area contributed by atoms with Crippen LogP contribution in [0.2, 0.25) is 0 Å². The van der Waals surface area contributed by atoms with Crippen LogP contribution < -0.4 is 10.4 Å². The molecular formula is C21H13FN3O3-. The normalized spacial score (nSPS) is 10.9. The number of halogens is 1. The van der Waals surface area contributed by atoms with E-state index in [0.29, 0.717) is 17.1 Å². The van der Waals surface area contributed by atoms with Crippen molar-refractivity contribution >= 4 is 23.6 Å². The summed E-state index contributed by atoms with van der Waals surface area (Å²) in [5.74, 6) is -2.34. The maximum Gasteiger partial charge on any atom is 0.266 e. The number of nitrogens with one attached hydrogen (secondary N) is 1. The molecular weight excluding hydrogens is 361 g/mol. The number of aromatic carboxylic acids is 1. The number of hydrogen-bond donors (Lipinski definition) is 1. The van der Waals surface area contributed by atoms with Gasteiger partial charge in [0.1, 0.15) is 17.5 Å².